The van der Waals surface area contributed by atoms with E-state index in [2.05, 4.69) is 5.32 Å². The molecule has 0 bridgehead atoms. The summed E-state index contributed by atoms with van der Waals surface area (Å²) in [5.74, 6) is -0.259. The van der Waals surface area contributed by atoms with Gasteiger partial charge in [-0.25, -0.2) is 8.42 Å². The lowest BCUT2D eigenvalue weighted by Crippen LogP contribution is -2.54. The molecule has 0 aliphatic heterocycles. The number of carbonyl (C=O) groups excluding carboxylic acids is 2. The lowest BCUT2D eigenvalue weighted by Gasteiger charge is -2.34. The quantitative estimate of drug-likeness (QED) is 0.165. The topological polar surface area (TPSA) is 105 Å². The highest BCUT2D eigenvalue weighted by Crippen LogP contribution is 2.36. The number of benzene rings is 4. The fourth-order valence-corrected chi connectivity index (χ4v) is 6.64. The van der Waals surface area contributed by atoms with Crippen molar-refractivity contribution in [3.8, 4) is 11.5 Å². The van der Waals surface area contributed by atoms with Crippen LogP contribution in [0.15, 0.2) is 102 Å². The first-order valence-corrected chi connectivity index (χ1v) is 17.4. The van der Waals surface area contributed by atoms with Gasteiger partial charge in [0.1, 0.15) is 24.1 Å². The summed E-state index contributed by atoms with van der Waals surface area (Å²) in [6.07, 6.45) is 0.932. The average Bonchev–Trinajstić information content (AvgIpc) is 3.09. The number of hydrogen-bond donors (Lipinski definition) is 1. The van der Waals surface area contributed by atoms with Gasteiger partial charge in [-0.1, -0.05) is 84.8 Å². The zero-order valence-electron chi connectivity index (χ0n) is 28.5. The number of ether oxygens (including phenoxy) is 2. The van der Waals surface area contributed by atoms with Crippen LogP contribution < -0.4 is 19.1 Å². The highest BCUT2D eigenvalue weighted by molar-refractivity contribution is 7.92. The highest BCUT2D eigenvalue weighted by atomic mass is 32.2. The fraction of sp³-hybridized carbons (Fsp3) is 0.316. The maximum Gasteiger partial charge on any atom is 0.264 e. The first kappa shape index (κ1) is 36.0. The summed E-state index contributed by atoms with van der Waals surface area (Å²) in [6.45, 7) is 7.20. The van der Waals surface area contributed by atoms with E-state index in [0.717, 1.165) is 26.6 Å². The molecule has 4 aromatic carbocycles. The van der Waals surface area contributed by atoms with Gasteiger partial charge in [-0.15, -0.1) is 0 Å². The molecular formula is C38H45N3O6S. The molecule has 0 unspecified atom stereocenters. The first-order chi connectivity index (χ1) is 23.0. The second-order valence-electron chi connectivity index (χ2n) is 11.9. The van der Waals surface area contributed by atoms with Crippen molar-refractivity contribution in [2.24, 2.45) is 0 Å². The normalized spacial score (nSPS) is 12.5. The van der Waals surface area contributed by atoms with Gasteiger partial charge < -0.3 is 19.7 Å². The Kier molecular flexibility index (Phi) is 12.2. The molecule has 0 heterocycles. The third-order valence-electron chi connectivity index (χ3n) is 8.29. The lowest BCUT2D eigenvalue weighted by molar-refractivity contribution is -0.140. The Labute approximate surface area is 284 Å². The van der Waals surface area contributed by atoms with Crippen LogP contribution >= 0.6 is 0 Å². The number of aryl methyl sites for hydroxylation is 2. The molecule has 0 fully saturated rings. The Balaban J connectivity index is 1.87. The molecular weight excluding hydrogens is 627 g/mol. The minimum absolute atomic E-state index is 0.00575. The average molecular weight is 672 g/mol. The van der Waals surface area contributed by atoms with Gasteiger partial charge in [0.25, 0.3) is 10.0 Å². The molecule has 0 saturated heterocycles. The van der Waals surface area contributed by atoms with E-state index < -0.39 is 28.5 Å². The second kappa shape index (κ2) is 16.3. The van der Waals surface area contributed by atoms with Crippen molar-refractivity contribution in [1.82, 2.24) is 10.2 Å². The molecule has 9 nitrogen and oxygen atoms in total. The van der Waals surface area contributed by atoms with E-state index in [-0.39, 0.29) is 41.2 Å². The SMILES string of the molecule is CC[C@H](C)NC(=O)[C@@H](Cc1ccccc1)N(Cc1ccc(C)cc1)C(=O)CN(c1cc(OC)ccc1OC)S(=O)(=O)c1ccc(C)cc1. The maximum atomic E-state index is 14.7. The van der Waals surface area contributed by atoms with E-state index in [9.17, 15) is 18.0 Å². The van der Waals surface area contributed by atoms with Gasteiger partial charge in [-0.3, -0.25) is 13.9 Å². The molecule has 4 aromatic rings. The molecule has 0 aliphatic carbocycles. The number of methoxy groups -OCH3 is 2. The smallest absolute Gasteiger partial charge is 0.264 e. The molecule has 2 amide bonds. The van der Waals surface area contributed by atoms with E-state index in [1.54, 1.807) is 24.3 Å². The summed E-state index contributed by atoms with van der Waals surface area (Å²) in [5.41, 5.74) is 3.73. The molecule has 4 rings (SSSR count). The van der Waals surface area contributed by atoms with Crippen LogP contribution in [0.5, 0.6) is 11.5 Å². The van der Waals surface area contributed by atoms with Crippen LogP contribution in [0, 0.1) is 13.8 Å². The van der Waals surface area contributed by atoms with Crippen molar-refractivity contribution in [1.29, 1.82) is 0 Å². The first-order valence-electron chi connectivity index (χ1n) is 16.0. The standard InChI is InChI=1S/C38H45N3O6S/c1-7-29(4)39-38(43)35(23-30-11-9-8-10-12-30)40(25-31-17-13-27(2)14-18-31)37(42)26-41(34-24-32(46-5)19-22-36(34)47-6)48(44,45)33-20-15-28(3)16-21-33/h8-22,24,29,35H,7,23,25-26H2,1-6H3,(H,39,43)/t29-,35+/m0/s1. The largest absolute Gasteiger partial charge is 0.497 e. The molecule has 0 aliphatic rings. The van der Waals surface area contributed by atoms with Crippen LogP contribution in [0.1, 0.15) is 42.5 Å². The molecule has 0 radical (unpaired) electrons. The van der Waals surface area contributed by atoms with Crippen LogP contribution in [0.3, 0.4) is 0 Å². The van der Waals surface area contributed by atoms with E-state index in [0.29, 0.717) is 12.2 Å². The number of anilines is 1. The van der Waals surface area contributed by atoms with Gasteiger partial charge >= 0.3 is 0 Å². The van der Waals surface area contributed by atoms with Gasteiger partial charge in [-0.2, -0.15) is 0 Å². The number of nitrogens with zero attached hydrogens (tertiary/aromatic N) is 2. The molecule has 0 saturated carbocycles. The summed E-state index contributed by atoms with van der Waals surface area (Å²) in [7, 11) is -1.41. The summed E-state index contributed by atoms with van der Waals surface area (Å²) in [5, 5.41) is 3.06. The van der Waals surface area contributed by atoms with Crippen molar-refractivity contribution in [3.05, 3.63) is 119 Å². The Bertz CT molecular complexity index is 1780. The number of sulfonamides is 1. The monoisotopic (exact) mass is 671 g/mol. The van der Waals surface area contributed by atoms with Crippen LogP contribution in [-0.2, 0) is 32.6 Å². The zero-order chi connectivity index (χ0) is 34.8. The van der Waals surface area contributed by atoms with Gasteiger partial charge in [0.05, 0.1) is 24.8 Å². The third kappa shape index (κ3) is 8.95. The van der Waals surface area contributed by atoms with E-state index in [1.165, 1.54) is 37.3 Å². The van der Waals surface area contributed by atoms with Gasteiger partial charge in [0.2, 0.25) is 11.8 Å². The van der Waals surface area contributed by atoms with Crippen molar-refractivity contribution >= 4 is 27.5 Å². The van der Waals surface area contributed by atoms with Gasteiger partial charge in [0.15, 0.2) is 0 Å². The maximum absolute atomic E-state index is 14.7. The van der Waals surface area contributed by atoms with Crippen molar-refractivity contribution in [2.45, 2.75) is 64.1 Å². The molecule has 254 valence electrons. The third-order valence-corrected chi connectivity index (χ3v) is 10.1. The summed E-state index contributed by atoms with van der Waals surface area (Å²) >= 11 is 0. The second-order valence-corrected chi connectivity index (χ2v) is 13.8. The highest BCUT2D eigenvalue weighted by Gasteiger charge is 2.36. The number of hydrogen-bond acceptors (Lipinski definition) is 6. The number of nitrogens with one attached hydrogen (secondary N) is 1. The van der Waals surface area contributed by atoms with Crippen molar-refractivity contribution < 1.29 is 27.5 Å². The van der Waals surface area contributed by atoms with E-state index in [1.807, 2.05) is 82.3 Å². The summed E-state index contributed by atoms with van der Waals surface area (Å²) in [4.78, 5) is 30.3. The predicted molar refractivity (Wildman–Crippen MR) is 189 cm³/mol. The minimum Gasteiger partial charge on any atom is -0.497 e. The lowest BCUT2D eigenvalue weighted by atomic mass is 10.0. The van der Waals surface area contributed by atoms with E-state index in [4.69, 9.17) is 9.47 Å². The van der Waals surface area contributed by atoms with Gasteiger partial charge in [0, 0.05) is 25.1 Å². The van der Waals surface area contributed by atoms with Crippen LogP contribution in [0.2, 0.25) is 0 Å². The van der Waals surface area contributed by atoms with Crippen molar-refractivity contribution in [3.63, 3.8) is 0 Å². The Morgan fingerprint density at radius 3 is 2.02 bits per heavy atom. The summed E-state index contributed by atoms with van der Waals surface area (Å²) in [6, 6.07) is 27.3. The molecule has 10 heteroatoms. The zero-order valence-corrected chi connectivity index (χ0v) is 29.3. The number of carbonyl (C=O) groups is 2. The Morgan fingerprint density at radius 1 is 0.812 bits per heavy atom. The molecule has 2 atom stereocenters. The molecule has 48 heavy (non-hydrogen) atoms. The van der Waals surface area contributed by atoms with Crippen LogP contribution in [0.25, 0.3) is 0 Å². The van der Waals surface area contributed by atoms with Crippen LogP contribution in [-0.4, -0.2) is 58.0 Å². The Hall–Kier alpha value is -4.83. The summed E-state index contributed by atoms with van der Waals surface area (Å²) < 4.78 is 40.9. The number of amides is 2. The van der Waals surface area contributed by atoms with Gasteiger partial charge in [-0.05, 0) is 62.6 Å². The fourth-order valence-electron chi connectivity index (χ4n) is 5.23. The Morgan fingerprint density at radius 2 is 1.44 bits per heavy atom. The van der Waals surface area contributed by atoms with E-state index >= 15 is 0 Å². The van der Waals surface area contributed by atoms with Crippen LogP contribution in [0.4, 0.5) is 5.69 Å². The molecule has 0 aromatic heterocycles. The number of rotatable bonds is 15. The van der Waals surface area contributed by atoms with Crippen molar-refractivity contribution in [2.75, 3.05) is 25.1 Å². The minimum atomic E-state index is -4.31. The molecule has 0 spiro atoms. The predicted octanol–water partition coefficient (Wildman–Crippen LogP) is 6.07. The molecule has 1 N–H and O–H groups in total.